The standard InChI is InChI=1S/C23H20F3N5O4/c1-11-6-7-14(35-2)9-16(11)28-20(33)15-10-17(32)29-19-18(15)21(34)31-22(30-19)27-13-5-3-4-12(8-13)23(24,25)26/h3-9,15H,10H2,1-2H3,(H,28,33)(H3,27,29,30,31,32,34). The van der Waals surface area contributed by atoms with Crippen molar-refractivity contribution in [1.82, 2.24) is 9.97 Å². The van der Waals surface area contributed by atoms with Crippen LogP contribution < -0.4 is 26.2 Å². The van der Waals surface area contributed by atoms with Gasteiger partial charge in [-0.05, 0) is 36.8 Å². The molecule has 2 aromatic carbocycles. The zero-order chi connectivity index (χ0) is 25.3. The number of aromatic amines is 1. The maximum Gasteiger partial charge on any atom is 0.416 e. The number of carbonyl (C=O) groups excluding carboxylic acids is 2. The van der Waals surface area contributed by atoms with Gasteiger partial charge in [0.1, 0.15) is 11.6 Å². The Bertz CT molecular complexity index is 1370. The number of amides is 2. The third kappa shape index (κ3) is 5.10. The monoisotopic (exact) mass is 487 g/mol. The summed E-state index contributed by atoms with van der Waals surface area (Å²) in [6.07, 6.45) is -4.84. The van der Waals surface area contributed by atoms with E-state index in [0.29, 0.717) is 11.4 Å². The summed E-state index contributed by atoms with van der Waals surface area (Å²) < 4.78 is 44.1. The van der Waals surface area contributed by atoms with Crippen molar-refractivity contribution in [3.8, 4) is 5.75 Å². The summed E-state index contributed by atoms with van der Waals surface area (Å²) >= 11 is 0. The van der Waals surface area contributed by atoms with Crippen LogP contribution in [-0.2, 0) is 15.8 Å². The maximum absolute atomic E-state index is 13.1. The number of anilines is 4. The van der Waals surface area contributed by atoms with Crippen LogP contribution in [0.5, 0.6) is 5.75 Å². The molecule has 1 atom stereocenters. The Hall–Kier alpha value is -4.35. The number of fused-ring (bicyclic) bond motifs is 1. The molecular weight excluding hydrogens is 467 g/mol. The molecule has 1 aliphatic rings. The summed E-state index contributed by atoms with van der Waals surface area (Å²) in [7, 11) is 1.48. The van der Waals surface area contributed by atoms with Gasteiger partial charge < -0.3 is 20.7 Å². The van der Waals surface area contributed by atoms with E-state index in [4.69, 9.17) is 4.74 Å². The minimum atomic E-state index is -4.55. The molecular formula is C23H20F3N5O4. The predicted octanol–water partition coefficient (Wildman–Crippen LogP) is 3.91. The highest BCUT2D eigenvalue weighted by Gasteiger charge is 2.35. The molecule has 2 heterocycles. The Morgan fingerprint density at radius 2 is 1.94 bits per heavy atom. The first-order valence-corrected chi connectivity index (χ1v) is 10.4. The summed E-state index contributed by atoms with van der Waals surface area (Å²) in [6, 6.07) is 9.40. The van der Waals surface area contributed by atoms with E-state index in [2.05, 4.69) is 25.9 Å². The molecule has 1 unspecified atom stereocenters. The van der Waals surface area contributed by atoms with Crippen LogP contribution in [0, 0.1) is 6.92 Å². The second-order valence-corrected chi connectivity index (χ2v) is 7.86. The molecule has 35 heavy (non-hydrogen) atoms. The van der Waals surface area contributed by atoms with Crippen molar-refractivity contribution >= 4 is 35.0 Å². The lowest BCUT2D eigenvalue weighted by atomic mass is 9.92. The van der Waals surface area contributed by atoms with Crippen LogP contribution in [0.2, 0.25) is 0 Å². The number of halogens is 3. The molecule has 4 N–H and O–H groups in total. The van der Waals surface area contributed by atoms with Crippen LogP contribution in [0.15, 0.2) is 47.3 Å². The number of aromatic nitrogens is 2. The quantitative estimate of drug-likeness (QED) is 0.433. The molecule has 4 rings (SSSR count). The number of alkyl halides is 3. The predicted molar refractivity (Wildman–Crippen MR) is 122 cm³/mol. The minimum absolute atomic E-state index is 0.0212. The molecule has 9 nitrogen and oxygen atoms in total. The Kier molecular flexibility index (Phi) is 6.20. The fourth-order valence-corrected chi connectivity index (χ4v) is 3.65. The van der Waals surface area contributed by atoms with Gasteiger partial charge >= 0.3 is 6.18 Å². The second kappa shape index (κ2) is 9.12. The lowest BCUT2D eigenvalue weighted by Gasteiger charge is -2.24. The number of nitrogens with zero attached hydrogens (tertiary/aromatic N) is 1. The van der Waals surface area contributed by atoms with Crippen LogP contribution in [0.1, 0.15) is 29.0 Å². The Morgan fingerprint density at radius 1 is 1.17 bits per heavy atom. The van der Waals surface area contributed by atoms with Gasteiger partial charge in [-0.25, -0.2) is 0 Å². The molecule has 0 bridgehead atoms. The molecule has 3 aromatic rings. The average molecular weight is 487 g/mol. The van der Waals surface area contributed by atoms with Crippen molar-refractivity contribution in [1.29, 1.82) is 0 Å². The van der Waals surface area contributed by atoms with E-state index in [1.54, 1.807) is 25.1 Å². The van der Waals surface area contributed by atoms with Gasteiger partial charge in [0.2, 0.25) is 17.8 Å². The average Bonchev–Trinajstić information content (AvgIpc) is 2.79. The zero-order valence-electron chi connectivity index (χ0n) is 18.5. The van der Waals surface area contributed by atoms with Gasteiger partial charge in [-0.2, -0.15) is 18.2 Å². The number of methoxy groups -OCH3 is 1. The summed E-state index contributed by atoms with van der Waals surface area (Å²) in [5, 5.41) is 7.76. The topological polar surface area (TPSA) is 125 Å². The van der Waals surface area contributed by atoms with Crippen LogP contribution in [-0.4, -0.2) is 28.9 Å². The van der Waals surface area contributed by atoms with Crippen molar-refractivity contribution in [2.45, 2.75) is 25.4 Å². The van der Waals surface area contributed by atoms with Gasteiger partial charge in [-0.1, -0.05) is 12.1 Å². The summed E-state index contributed by atoms with van der Waals surface area (Å²) in [5.74, 6) is -2.10. The zero-order valence-corrected chi connectivity index (χ0v) is 18.5. The maximum atomic E-state index is 13.1. The van der Waals surface area contributed by atoms with Crippen molar-refractivity contribution in [2.24, 2.45) is 0 Å². The Labute approximate surface area is 196 Å². The van der Waals surface area contributed by atoms with E-state index in [1.807, 2.05) is 0 Å². The number of hydrogen-bond acceptors (Lipinski definition) is 6. The highest BCUT2D eigenvalue weighted by atomic mass is 19.4. The molecule has 2 amide bonds. The third-order valence-electron chi connectivity index (χ3n) is 5.42. The van der Waals surface area contributed by atoms with Crippen LogP contribution >= 0.6 is 0 Å². The van der Waals surface area contributed by atoms with E-state index >= 15 is 0 Å². The van der Waals surface area contributed by atoms with E-state index < -0.39 is 35.0 Å². The van der Waals surface area contributed by atoms with Crippen molar-refractivity contribution < 1.29 is 27.5 Å². The van der Waals surface area contributed by atoms with Crippen LogP contribution in [0.25, 0.3) is 0 Å². The van der Waals surface area contributed by atoms with Gasteiger partial charge in [0.25, 0.3) is 5.56 Å². The van der Waals surface area contributed by atoms with E-state index in [-0.39, 0.29) is 29.4 Å². The number of hydrogen-bond donors (Lipinski definition) is 4. The second-order valence-electron chi connectivity index (χ2n) is 7.86. The first-order valence-electron chi connectivity index (χ1n) is 10.4. The van der Waals surface area contributed by atoms with E-state index in [9.17, 15) is 27.6 Å². The smallest absolute Gasteiger partial charge is 0.416 e. The number of benzene rings is 2. The largest absolute Gasteiger partial charge is 0.497 e. The molecule has 1 aromatic heterocycles. The first kappa shape index (κ1) is 23.8. The minimum Gasteiger partial charge on any atom is -0.497 e. The number of nitrogens with one attached hydrogen (secondary N) is 4. The molecule has 0 saturated carbocycles. The summed E-state index contributed by atoms with van der Waals surface area (Å²) in [4.78, 5) is 44.8. The molecule has 182 valence electrons. The highest BCUT2D eigenvalue weighted by molar-refractivity contribution is 6.04. The Morgan fingerprint density at radius 3 is 2.66 bits per heavy atom. The van der Waals surface area contributed by atoms with Gasteiger partial charge in [0.05, 0.1) is 24.2 Å². The highest BCUT2D eigenvalue weighted by Crippen LogP contribution is 2.33. The van der Waals surface area contributed by atoms with Crippen molar-refractivity contribution in [2.75, 3.05) is 23.1 Å². The van der Waals surface area contributed by atoms with Crippen molar-refractivity contribution in [3.63, 3.8) is 0 Å². The molecule has 0 aliphatic carbocycles. The molecule has 1 aliphatic heterocycles. The van der Waals surface area contributed by atoms with Crippen LogP contribution in [0.4, 0.5) is 36.3 Å². The van der Waals surface area contributed by atoms with Crippen LogP contribution in [0.3, 0.4) is 0 Å². The molecule has 12 heteroatoms. The number of aryl methyl sites for hydroxylation is 1. The number of carbonyl (C=O) groups is 2. The molecule has 0 radical (unpaired) electrons. The van der Waals surface area contributed by atoms with E-state index in [0.717, 1.165) is 17.7 Å². The SMILES string of the molecule is COc1ccc(C)c(NC(=O)C2CC(=O)Nc3nc(Nc4cccc(C(F)(F)F)c4)[nH]c(=O)c32)c1. The fraction of sp³-hybridized carbons (Fsp3) is 0.217. The first-order chi connectivity index (χ1) is 16.5. The number of ether oxygens (including phenoxy) is 1. The normalized spacial score (nSPS) is 15.1. The van der Waals surface area contributed by atoms with E-state index in [1.165, 1.54) is 19.2 Å². The van der Waals surface area contributed by atoms with Gasteiger partial charge in [0, 0.05) is 23.9 Å². The summed E-state index contributed by atoms with van der Waals surface area (Å²) in [6.45, 7) is 1.77. The third-order valence-corrected chi connectivity index (χ3v) is 5.42. The lowest BCUT2D eigenvalue weighted by Crippen LogP contribution is -2.36. The lowest BCUT2D eigenvalue weighted by molar-refractivity contribution is -0.137. The molecule has 0 saturated heterocycles. The van der Waals surface area contributed by atoms with Gasteiger partial charge in [-0.3, -0.25) is 19.4 Å². The van der Waals surface area contributed by atoms with Gasteiger partial charge in [0.15, 0.2) is 0 Å². The molecule has 0 fully saturated rings. The molecule has 0 spiro atoms. The van der Waals surface area contributed by atoms with Crippen molar-refractivity contribution in [3.05, 3.63) is 69.5 Å². The fourth-order valence-electron chi connectivity index (χ4n) is 3.65. The Balaban J connectivity index is 1.63. The number of rotatable bonds is 5. The van der Waals surface area contributed by atoms with Gasteiger partial charge in [-0.15, -0.1) is 0 Å². The summed E-state index contributed by atoms with van der Waals surface area (Å²) in [5.41, 5.74) is -0.445. The number of H-pyrrole nitrogens is 1.